The first kappa shape index (κ1) is 9.68. The van der Waals surface area contributed by atoms with E-state index < -0.39 is 0 Å². The zero-order valence-electron chi connectivity index (χ0n) is 7.33. The molecule has 1 aromatic heterocycles. The molecule has 0 spiro atoms. The standard InChI is InChI=1S/C9H13NS2/c1-6(9(10)11)5-8-4-3-7(2)12-8/h3-4,6H,5H2,1-2H3,(H2,10,11). The van der Waals surface area contributed by atoms with Crippen LogP contribution in [-0.4, -0.2) is 4.99 Å². The molecule has 1 unspecified atom stereocenters. The Balaban J connectivity index is 2.58. The van der Waals surface area contributed by atoms with Crippen molar-refractivity contribution < 1.29 is 0 Å². The van der Waals surface area contributed by atoms with Gasteiger partial charge in [0, 0.05) is 15.7 Å². The van der Waals surface area contributed by atoms with E-state index >= 15 is 0 Å². The zero-order chi connectivity index (χ0) is 9.14. The number of hydrogen-bond donors (Lipinski definition) is 1. The van der Waals surface area contributed by atoms with Gasteiger partial charge in [-0.3, -0.25) is 0 Å². The van der Waals surface area contributed by atoms with Crippen molar-refractivity contribution in [2.45, 2.75) is 20.3 Å². The fraction of sp³-hybridized carbons (Fsp3) is 0.444. The van der Waals surface area contributed by atoms with E-state index in [4.69, 9.17) is 18.0 Å². The van der Waals surface area contributed by atoms with Crippen LogP contribution < -0.4 is 5.73 Å². The highest BCUT2D eigenvalue weighted by molar-refractivity contribution is 7.80. The van der Waals surface area contributed by atoms with Gasteiger partial charge >= 0.3 is 0 Å². The first-order chi connectivity index (χ1) is 5.59. The molecule has 1 rings (SSSR count). The summed E-state index contributed by atoms with van der Waals surface area (Å²) in [7, 11) is 0. The van der Waals surface area contributed by atoms with Gasteiger partial charge in [0.25, 0.3) is 0 Å². The monoisotopic (exact) mass is 199 g/mol. The molecule has 3 heteroatoms. The lowest BCUT2D eigenvalue weighted by Crippen LogP contribution is -2.19. The number of thiocarbonyl (C=S) groups is 1. The van der Waals surface area contributed by atoms with E-state index in [1.165, 1.54) is 9.75 Å². The summed E-state index contributed by atoms with van der Waals surface area (Å²) in [5, 5.41) is 0. The van der Waals surface area contributed by atoms with E-state index in [-0.39, 0.29) is 0 Å². The lowest BCUT2D eigenvalue weighted by Gasteiger charge is -2.06. The molecule has 12 heavy (non-hydrogen) atoms. The summed E-state index contributed by atoms with van der Waals surface area (Å²) in [5.74, 6) is 0.318. The molecule has 0 aromatic carbocycles. The van der Waals surface area contributed by atoms with Gasteiger partial charge in [0.2, 0.25) is 0 Å². The van der Waals surface area contributed by atoms with Gasteiger partial charge in [-0.15, -0.1) is 11.3 Å². The maximum atomic E-state index is 5.53. The molecular formula is C9H13NS2. The van der Waals surface area contributed by atoms with Crippen LogP contribution in [0.4, 0.5) is 0 Å². The molecule has 0 saturated heterocycles. The smallest absolute Gasteiger partial charge is 0.0759 e. The van der Waals surface area contributed by atoms with Gasteiger partial charge in [0.05, 0.1) is 4.99 Å². The molecule has 1 heterocycles. The van der Waals surface area contributed by atoms with E-state index in [0.717, 1.165) is 6.42 Å². The molecule has 0 bridgehead atoms. The summed E-state index contributed by atoms with van der Waals surface area (Å²) in [6, 6.07) is 4.28. The third-order valence-electron chi connectivity index (χ3n) is 1.79. The van der Waals surface area contributed by atoms with Crippen molar-refractivity contribution in [1.29, 1.82) is 0 Å². The van der Waals surface area contributed by atoms with Crippen LogP contribution in [0, 0.1) is 12.8 Å². The highest BCUT2D eigenvalue weighted by atomic mass is 32.1. The fourth-order valence-electron chi connectivity index (χ4n) is 0.997. The van der Waals surface area contributed by atoms with Gasteiger partial charge < -0.3 is 5.73 Å². The Hall–Kier alpha value is -0.410. The Labute approximate surface area is 82.6 Å². The van der Waals surface area contributed by atoms with Crippen LogP contribution in [0.15, 0.2) is 12.1 Å². The second kappa shape index (κ2) is 4.01. The second-order valence-corrected chi connectivity index (χ2v) is 4.86. The van der Waals surface area contributed by atoms with Crippen LogP contribution in [0.1, 0.15) is 16.7 Å². The van der Waals surface area contributed by atoms with Crippen molar-refractivity contribution in [1.82, 2.24) is 0 Å². The van der Waals surface area contributed by atoms with E-state index in [1.54, 1.807) is 0 Å². The summed E-state index contributed by atoms with van der Waals surface area (Å²) >= 11 is 6.72. The average Bonchev–Trinajstić information content (AvgIpc) is 2.35. The van der Waals surface area contributed by atoms with Crippen molar-refractivity contribution in [3.63, 3.8) is 0 Å². The second-order valence-electron chi connectivity index (χ2n) is 3.02. The van der Waals surface area contributed by atoms with Crippen LogP contribution in [0.25, 0.3) is 0 Å². The van der Waals surface area contributed by atoms with Crippen molar-refractivity contribution in [2.75, 3.05) is 0 Å². The van der Waals surface area contributed by atoms with Gasteiger partial charge in [-0.05, 0) is 25.5 Å². The molecule has 66 valence electrons. The Morgan fingerprint density at radius 2 is 2.33 bits per heavy atom. The number of nitrogens with two attached hydrogens (primary N) is 1. The van der Waals surface area contributed by atoms with Gasteiger partial charge in [0.15, 0.2) is 0 Å². The molecule has 0 radical (unpaired) electrons. The normalized spacial score (nSPS) is 12.8. The predicted octanol–water partition coefficient (Wildman–Crippen LogP) is 2.52. The Morgan fingerprint density at radius 1 is 1.67 bits per heavy atom. The fourth-order valence-corrected chi connectivity index (χ4v) is 2.10. The van der Waals surface area contributed by atoms with Gasteiger partial charge in [-0.25, -0.2) is 0 Å². The lowest BCUT2D eigenvalue weighted by molar-refractivity contribution is 0.782. The molecule has 0 fully saturated rings. The Morgan fingerprint density at radius 3 is 2.75 bits per heavy atom. The summed E-state index contributed by atoms with van der Waals surface area (Å²) in [5.41, 5.74) is 5.53. The van der Waals surface area contributed by atoms with Gasteiger partial charge in [0.1, 0.15) is 0 Å². The summed E-state index contributed by atoms with van der Waals surface area (Å²) in [6.07, 6.45) is 0.980. The third kappa shape index (κ3) is 2.57. The minimum atomic E-state index is 0.318. The molecule has 1 atom stereocenters. The van der Waals surface area contributed by atoms with E-state index in [2.05, 4.69) is 26.0 Å². The number of hydrogen-bond acceptors (Lipinski definition) is 2. The first-order valence-corrected chi connectivity index (χ1v) is 5.16. The minimum absolute atomic E-state index is 0.318. The topological polar surface area (TPSA) is 26.0 Å². The predicted molar refractivity (Wildman–Crippen MR) is 58.7 cm³/mol. The Kier molecular flexibility index (Phi) is 3.23. The minimum Gasteiger partial charge on any atom is -0.393 e. The quantitative estimate of drug-likeness (QED) is 0.757. The SMILES string of the molecule is Cc1ccc(CC(C)C(N)=S)s1. The maximum absolute atomic E-state index is 5.53. The largest absolute Gasteiger partial charge is 0.393 e. The molecule has 0 aliphatic rings. The van der Waals surface area contributed by atoms with Crippen molar-refractivity contribution in [2.24, 2.45) is 11.7 Å². The molecule has 1 aromatic rings. The number of thiophene rings is 1. The van der Waals surface area contributed by atoms with Crippen LogP contribution >= 0.6 is 23.6 Å². The summed E-state index contributed by atoms with van der Waals surface area (Å²) in [4.78, 5) is 3.33. The van der Waals surface area contributed by atoms with Gasteiger partial charge in [-0.2, -0.15) is 0 Å². The van der Waals surface area contributed by atoms with Crippen LogP contribution in [-0.2, 0) is 6.42 Å². The third-order valence-corrected chi connectivity index (χ3v) is 3.21. The average molecular weight is 199 g/mol. The van der Waals surface area contributed by atoms with Crippen molar-refractivity contribution in [3.8, 4) is 0 Å². The van der Waals surface area contributed by atoms with E-state index in [9.17, 15) is 0 Å². The molecule has 1 nitrogen and oxygen atoms in total. The van der Waals surface area contributed by atoms with Crippen LogP contribution in [0.3, 0.4) is 0 Å². The van der Waals surface area contributed by atoms with E-state index in [0.29, 0.717) is 10.9 Å². The lowest BCUT2D eigenvalue weighted by atomic mass is 10.1. The van der Waals surface area contributed by atoms with Gasteiger partial charge in [-0.1, -0.05) is 19.1 Å². The highest BCUT2D eigenvalue weighted by Gasteiger charge is 2.07. The number of aryl methyl sites for hydroxylation is 1. The summed E-state index contributed by atoms with van der Waals surface area (Å²) in [6.45, 7) is 4.18. The van der Waals surface area contributed by atoms with Crippen molar-refractivity contribution >= 4 is 28.5 Å². The summed E-state index contributed by atoms with van der Waals surface area (Å²) < 4.78 is 0. The molecule has 0 amide bonds. The molecular weight excluding hydrogens is 186 g/mol. The molecule has 0 aliphatic heterocycles. The number of rotatable bonds is 3. The zero-order valence-corrected chi connectivity index (χ0v) is 8.97. The highest BCUT2D eigenvalue weighted by Crippen LogP contribution is 2.18. The van der Waals surface area contributed by atoms with Crippen LogP contribution in [0.5, 0.6) is 0 Å². The van der Waals surface area contributed by atoms with Crippen molar-refractivity contribution in [3.05, 3.63) is 21.9 Å². The first-order valence-electron chi connectivity index (χ1n) is 3.94. The van der Waals surface area contributed by atoms with Crippen LogP contribution in [0.2, 0.25) is 0 Å². The van der Waals surface area contributed by atoms with E-state index in [1.807, 2.05) is 11.3 Å². The molecule has 0 saturated carbocycles. The Bertz CT molecular complexity index is 278. The maximum Gasteiger partial charge on any atom is 0.0759 e. The molecule has 2 N–H and O–H groups in total. The molecule has 0 aliphatic carbocycles.